The minimum atomic E-state index is -2.35. The predicted octanol–water partition coefficient (Wildman–Crippen LogP) is -1.27. The fourth-order valence-corrected chi connectivity index (χ4v) is 1.09. The molecule has 0 saturated heterocycles. The Morgan fingerprint density at radius 1 is 1.33 bits per heavy atom. The number of hydrogen-bond donors (Lipinski definition) is 2. The second-order valence-electron chi connectivity index (χ2n) is 2.24. The molecule has 5 nitrogen and oxygen atoms in total. The van der Waals surface area contributed by atoms with Crippen LogP contribution in [0.1, 0.15) is 19.8 Å². The van der Waals surface area contributed by atoms with Gasteiger partial charge in [0.15, 0.2) is 0 Å². The summed E-state index contributed by atoms with van der Waals surface area (Å²) in [7, 11) is -2.35. The number of hydroxylamine groups is 1. The van der Waals surface area contributed by atoms with Crippen LogP contribution in [0.15, 0.2) is 0 Å². The van der Waals surface area contributed by atoms with Crippen LogP contribution in [0.2, 0.25) is 0 Å². The number of unbranched alkanes of at least 4 members (excludes halogenated alkanes) is 1. The second kappa shape index (κ2) is 22.3. The SMILES string of the molecule is CCCCO[PH](=O)ONCCN.[NaH].[NaH].[NaH]. The molecule has 0 fully saturated rings. The Morgan fingerprint density at radius 2 is 1.93 bits per heavy atom. The molecule has 0 rings (SSSR count). The van der Waals surface area contributed by atoms with Gasteiger partial charge in [-0.05, 0) is 6.42 Å². The van der Waals surface area contributed by atoms with Gasteiger partial charge >= 0.3 is 96.9 Å². The summed E-state index contributed by atoms with van der Waals surface area (Å²) < 4.78 is 20.3. The summed E-state index contributed by atoms with van der Waals surface area (Å²) >= 11 is 0. The zero-order valence-electron chi connectivity index (χ0n) is 7.34. The van der Waals surface area contributed by atoms with Gasteiger partial charge in [0.25, 0.3) is 0 Å². The quantitative estimate of drug-likeness (QED) is 0.248. The van der Waals surface area contributed by atoms with Crippen LogP contribution in [-0.2, 0) is 13.7 Å². The molecule has 0 spiro atoms. The standard InChI is InChI=1S/C6H17N2O3P.3Na.3H/c1-2-3-6-10-12(9)11-8-5-4-7;;;;;;/h8,12H,2-7H2,1H3;;;;;;. The molecule has 0 aliphatic carbocycles. The van der Waals surface area contributed by atoms with Gasteiger partial charge < -0.3 is 10.3 Å². The monoisotopic (exact) mass is 268 g/mol. The second-order valence-corrected chi connectivity index (χ2v) is 3.23. The fourth-order valence-electron chi connectivity index (χ4n) is 0.498. The summed E-state index contributed by atoms with van der Waals surface area (Å²) in [6.07, 6.45) is 1.92. The molecule has 0 radical (unpaired) electrons. The first-order valence-electron chi connectivity index (χ1n) is 4.07. The van der Waals surface area contributed by atoms with Crippen molar-refractivity contribution in [1.82, 2.24) is 5.48 Å². The average molecular weight is 268 g/mol. The maximum absolute atomic E-state index is 10.8. The van der Waals surface area contributed by atoms with E-state index in [-0.39, 0.29) is 88.7 Å². The number of nitrogens with one attached hydrogen (secondary N) is 1. The van der Waals surface area contributed by atoms with Crippen LogP contribution in [0.3, 0.4) is 0 Å². The Labute approximate surface area is 159 Å². The fraction of sp³-hybridized carbons (Fsp3) is 1.00. The molecule has 0 aromatic heterocycles. The van der Waals surface area contributed by atoms with E-state index < -0.39 is 8.25 Å². The first-order chi connectivity index (χ1) is 5.81. The normalized spacial score (nSPS) is 10.5. The van der Waals surface area contributed by atoms with Crippen LogP contribution < -0.4 is 11.2 Å². The summed E-state index contributed by atoms with van der Waals surface area (Å²) in [4.78, 5) is 0. The molecule has 0 bridgehead atoms. The van der Waals surface area contributed by atoms with Crippen molar-refractivity contribution in [3.05, 3.63) is 0 Å². The molecule has 15 heavy (non-hydrogen) atoms. The van der Waals surface area contributed by atoms with Crippen LogP contribution in [0, 0.1) is 0 Å². The molecule has 9 heteroatoms. The minimum absolute atomic E-state index is 0. The van der Waals surface area contributed by atoms with E-state index in [9.17, 15) is 4.57 Å². The Kier molecular flexibility index (Phi) is 39.5. The van der Waals surface area contributed by atoms with E-state index in [0.29, 0.717) is 19.7 Å². The van der Waals surface area contributed by atoms with Gasteiger partial charge in [0.2, 0.25) is 0 Å². The van der Waals surface area contributed by atoms with Gasteiger partial charge in [0.1, 0.15) is 0 Å². The van der Waals surface area contributed by atoms with Crippen LogP contribution in [0.25, 0.3) is 0 Å². The van der Waals surface area contributed by atoms with Crippen molar-refractivity contribution < 1.29 is 13.7 Å². The van der Waals surface area contributed by atoms with Gasteiger partial charge in [-0.15, -0.1) is 0 Å². The van der Waals surface area contributed by atoms with Gasteiger partial charge in [-0.3, -0.25) is 4.57 Å². The third-order valence-electron chi connectivity index (χ3n) is 1.12. The summed E-state index contributed by atoms with van der Waals surface area (Å²) in [5.74, 6) is 0. The first-order valence-corrected chi connectivity index (χ1v) is 5.30. The molecule has 80 valence electrons. The Balaban J connectivity index is -0.000000202. The zero-order chi connectivity index (χ0) is 9.23. The molecule has 3 N–H and O–H groups in total. The van der Waals surface area contributed by atoms with Gasteiger partial charge in [0, 0.05) is 13.1 Å². The van der Waals surface area contributed by atoms with Crippen molar-refractivity contribution in [1.29, 1.82) is 0 Å². The van der Waals surface area contributed by atoms with Crippen molar-refractivity contribution in [3.8, 4) is 0 Å². The Hall–Kier alpha value is 3.07. The van der Waals surface area contributed by atoms with Gasteiger partial charge in [0.05, 0.1) is 6.61 Å². The third-order valence-corrected chi connectivity index (χ3v) is 1.87. The molecule has 0 amide bonds. The van der Waals surface area contributed by atoms with Crippen LogP contribution >= 0.6 is 8.25 Å². The number of nitrogens with two attached hydrogens (primary N) is 1. The summed E-state index contributed by atoms with van der Waals surface area (Å²) in [6, 6.07) is 0. The molecular weight excluding hydrogens is 248 g/mol. The van der Waals surface area contributed by atoms with E-state index in [1.165, 1.54) is 0 Å². The van der Waals surface area contributed by atoms with Crippen LogP contribution in [0.4, 0.5) is 0 Å². The zero-order valence-corrected chi connectivity index (χ0v) is 8.34. The van der Waals surface area contributed by atoms with Crippen LogP contribution in [-0.4, -0.2) is 108 Å². The molecule has 0 aromatic carbocycles. The molecule has 0 heterocycles. The van der Waals surface area contributed by atoms with E-state index in [1.807, 2.05) is 6.92 Å². The molecule has 0 aliphatic rings. The summed E-state index contributed by atoms with van der Waals surface area (Å²) in [5, 5.41) is 0. The van der Waals surface area contributed by atoms with Crippen LogP contribution in [0.5, 0.6) is 0 Å². The summed E-state index contributed by atoms with van der Waals surface area (Å²) in [5.41, 5.74) is 7.61. The topological polar surface area (TPSA) is 73.6 Å². The first kappa shape index (κ1) is 26.6. The van der Waals surface area contributed by atoms with E-state index in [2.05, 4.69) is 10.1 Å². The third kappa shape index (κ3) is 22.7. The van der Waals surface area contributed by atoms with Gasteiger partial charge in [-0.25, -0.2) is 4.62 Å². The van der Waals surface area contributed by atoms with E-state index in [1.54, 1.807) is 0 Å². The van der Waals surface area contributed by atoms with Crippen molar-refractivity contribution in [3.63, 3.8) is 0 Å². The van der Waals surface area contributed by atoms with Crippen molar-refractivity contribution in [2.24, 2.45) is 5.73 Å². The molecular formula is C6H20N2Na3O3P. The molecule has 1 atom stereocenters. The van der Waals surface area contributed by atoms with Gasteiger partial charge in [-0.2, -0.15) is 5.48 Å². The predicted molar refractivity (Wildman–Crippen MR) is 69.5 cm³/mol. The van der Waals surface area contributed by atoms with Crippen molar-refractivity contribution in [2.75, 3.05) is 19.7 Å². The van der Waals surface area contributed by atoms with Crippen molar-refractivity contribution >= 4 is 96.9 Å². The van der Waals surface area contributed by atoms with E-state index >= 15 is 0 Å². The van der Waals surface area contributed by atoms with E-state index in [4.69, 9.17) is 10.3 Å². The molecule has 0 aromatic rings. The molecule has 1 unspecified atom stereocenters. The van der Waals surface area contributed by atoms with Crippen molar-refractivity contribution in [2.45, 2.75) is 19.8 Å². The van der Waals surface area contributed by atoms with Gasteiger partial charge in [-0.1, -0.05) is 13.3 Å². The average Bonchev–Trinajstić information content (AvgIpc) is 2.06. The Morgan fingerprint density at radius 3 is 2.40 bits per heavy atom. The molecule has 0 aliphatic heterocycles. The number of hydrogen-bond acceptors (Lipinski definition) is 5. The maximum atomic E-state index is 10.8. The summed E-state index contributed by atoms with van der Waals surface area (Å²) in [6.45, 7) is 3.45. The Bertz CT molecular complexity index is 122. The number of rotatable bonds is 8. The van der Waals surface area contributed by atoms with E-state index in [0.717, 1.165) is 12.8 Å². The molecule has 0 saturated carbocycles.